The van der Waals surface area contributed by atoms with Crippen molar-refractivity contribution in [2.45, 2.75) is 20.0 Å². The second-order valence-corrected chi connectivity index (χ2v) is 9.58. The lowest BCUT2D eigenvalue weighted by Crippen LogP contribution is -2.12. The van der Waals surface area contributed by atoms with Gasteiger partial charge in [0.1, 0.15) is 5.69 Å². The fraction of sp³-hybridized carbons (Fsp3) is 0.100. The summed E-state index contributed by atoms with van der Waals surface area (Å²) in [6.07, 6.45) is 13.0. The van der Waals surface area contributed by atoms with Crippen molar-refractivity contribution in [1.29, 1.82) is 0 Å². The number of imidazole rings is 1. The van der Waals surface area contributed by atoms with Crippen molar-refractivity contribution in [3.63, 3.8) is 0 Å². The first-order chi connectivity index (χ1) is 19.2. The van der Waals surface area contributed by atoms with Gasteiger partial charge in [0, 0.05) is 48.0 Å². The predicted molar refractivity (Wildman–Crippen MR) is 151 cm³/mol. The van der Waals surface area contributed by atoms with Gasteiger partial charge in [0.05, 0.1) is 58.7 Å². The van der Waals surface area contributed by atoms with E-state index in [0.29, 0.717) is 0 Å². The molecule has 0 atom stereocenters. The van der Waals surface area contributed by atoms with E-state index in [1.807, 2.05) is 54.7 Å². The minimum absolute atomic E-state index is 0.719. The lowest BCUT2D eigenvalue weighted by atomic mass is 10.1. The molecule has 0 saturated carbocycles. The van der Waals surface area contributed by atoms with Crippen molar-refractivity contribution in [2.24, 2.45) is 0 Å². The number of aryl methyl sites for hydroxylation is 1. The Morgan fingerprint density at radius 3 is 2.56 bits per heavy atom. The molecule has 0 aliphatic heterocycles. The van der Waals surface area contributed by atoms with Crippen LogP contribution in [0.2, 0.25) is 0 Å². The Bertz CT molecular complexity index is 1910. The second kappa shape index (κ2) is 9.62. The van der Waals surface area contributed by atoms with E-state index < -0.39 is 0 Å². The first-order valence-corrected chi connectivity index (χ1v) is 12.7. The quantitative estimate of drug-likeness (QED) is 0.266. The number of hydrogen-bond acceptors (Lipinski definition) is 6. The zero-order valence-corrected chi connectivity index (χ0v) is 21.3. The van der Waals surface area contributed by atoms with E-state index in [0.717, 1.165) is 74.5 Å². The molecule has 39 heavy (non-hydrogen) atoms. The molecule has 0 aliphatic rings. The van der Waals surface area contributed by atoms with Crippen LogP contribution in [0.4, 0.5) is 0 Å². The normalized spacial score (nSPS) is 11.5. The molecule has 0 fully saturated rings. The molecule has 0 bridgehead atoms. The van der Waals surface area contributed by atoms with Gasteiger partial charge in [-0.25, -0.2) is 4.98 Å². The van der Waals surface area contributed by atoms with Gasteiger partial charge in [-0.1, -0.05) is 30.3 Å². The third-order valence-corrected chi connectivity index (χ3v) is 6.81. The van der Waals surface area contributed by atoms with E-state index in [1.54, 1.807) is 6.33 Å². The van der Waals surface area contributed by atoms with Gasteiger partial charge in [0.2, 0.25) is 0 Å². The summed E-state index contributed by atoms with van der Waals surface area (Å²) in [6, 6.07) is 16.7. The predicted octanol–water partition coefficient (Wildman–Crippen LogP) is 5.35. The Kier molecular flexibility index (Phi) is 5.68. The Morgan fingerprint density at radius 2 is 1.69 bits per heavy atom. The van der Waals surface area contributed by atoms with Gasteiger partial charge in [-0.3, -0.25) is 20.1 Å². The summed E-state index contributed by atoms with van der Waals surface area (Å²) in [5, 5.41) is 13.3. The van der Waals surface area contributed by atoms with Crippen molar-refractivity contribution in [2.75, 3.05) is 0 Å². The number of H-pyrrole nitrogens is 2. The number of hydrogen-bond donors (Lipinski definition) is 3. The van der Waals surface area contributed by atoms with Crippen molar-refractivity contribution < 1.29 is 0 Å². The maximum absolute atomic E-state index is 4.69. The molecular formula is C30H25N9. The summed E-state index contributed by atoms with van der Waals surface area (Å²) < 4.78 is 1.99. The number of nitrogens with zero attached hydrogens (tertiary/aromatic N) is 6. The molecule has 190 valence electrons. The summed E-state index contributed by atoms with van der Waals surface area (Å²) in [6.45, 7) is 3.49. The Balaban J connectivity index is 1.20. The number of aromatic nitrogens is 8. The van der Waals surface area contributed by atoms with Crippen LogP contribution in [0.1, 0.15) is 16.8 Å². The number of pyridine rings is 3. The molecule has 0 spiro atoms. The van der Waals surface area contributed by atoms with Crippen LogP contribution < -0.4 is 5.32 Å². The molecule has 9 nitrogen and oxygen atoms in total. The van der Waals surface area contributed by atoms with Crippen LogP contribution >= 0.6 is 0 Å². The van der Waals surface area contributed by atoms with Gasteiger partial charge < -0.3 is 14.9 Å². The fourth-order valence-electron chi connectivity index (χ4n) is 4.87. The average molecular weight is 512 g/mol. The smallest absolute Gasteiger partial charge is 0.116 e. The summed E-state index contributed by atoms with van der Waals surface area (Å²) in [5.41, 5.74) is 9.58. The number of fused-ring (bicyclic) bond motifs is 2. The van der Waals surface area contributed by atoms with Crippen LogP contribution in [0.25, 0.3) is 50.1 Å². The van der Waals surface area contributed by atoms with E-state index in [2.05, 4.69) is 82.9 Å². The maximum Gasteiger partial charge on any atom is 0.116 e. The third-order valence-electron chi connectivity index (χ3n) is 6.81. The van der Waals surface area contributed by atoms with Crippen LogP contribution in [0, 0.1) is 6.92 Å². The monoisotopic (exact) mass is 511 g/mol. The van der Waals surface area contributed by atoms with Gasteiger partial charge in [0.25, 0.3) is 0 Å². The topological polar surface area (TPSA) is 113 Å². The largest absolute Gasteiger partial charge is 0.352 e. The van der Waals surface area contributed by atoms with Crippen molar-refractivity contribution in [3.05, 3.63) is 109 Å². The molecule has 7 aromatic rings. The van der Waals surface area contributed by atoms with Crippen LogP contribution in [0.15, 0.2) is 92.0 Å². The SMILES string of the molecule is Cc1cn(-c2cncc3[nH]c(-c4n[nH]c5cnc(-c6cncc(CNCc7ccccc7)c6)cc45)cc23)cn1. The van der Waals surface area contributed by atoms with Gasteiger partial charge in [-0.15, -0.1) is 0 Å². The first-order valence-electron chi connectivity index (χ1n) is 12.7. The molecule has 3 N–H and O–H groups in total. The maximum atomic E-state index is 4.69. The standard InChI is InChI=1S/C30H25N9/c1-19-17-39(18-35-19)29-16-33-14-27-23(29)8-26(36-27)30-24-9-25(34-15-28(24)37-38-30)22-7-21(12-32-13-22)11-31-10-20-5-3-2-4-6-20/h2-9,12-18,31,36H,10-11H2,1H3,(H,37,38). The molecule has 0 radical (unpaired) electrons. The third kappa shape index (κ3) is 4.45. The first kappa shape index (κ1) is 23.0. The Morgan fingerprint density at radius 1 is 0.821 bits per heavy atom. The van der Waals surface area contributed by atoms with E-state index >= 15 is 0 Å². The van der Waals surface area contributed by atoms with Crippen LogP contribution in [-0.2, 0) is 13.1 Å². The summed E-state index contributed by atoms with van der Waals surface area (Å²) in [5.74, 6) is 0. The number of rotatable bonds is 7. The lowest BCUT2D eigenvalue weighted by Gasteiger charge is -2.07. The number of aromatic amines is 2. The molecule has 0 aliphatic carbocycles. The molecule has 0 amide bonds. The molecule has 6 heterocycles. The second-order valence-electron chi connectivity index (χ2n) is 9.58. The number of nitrogens with one attached hydrogen (secondary N) is 3. The van der Waals surface area contributed by atoms with Crippen LogP contribution in [0.5, 0.6) is 0 Å². The highest BCUT2D eigenvalue weighted by Crippen LogP contribution is 2.32. The Labute approximate surface area is 224 Å². The van der Waals surface area contributed by atoms with E-state index in [9.17, 15) is 0 Å². The molecule has 1 aromatic carbocycles. The zero-order valence-electron chi connectivity index (χ0n) is 21.3. The highest BCUT2D eigenvalue weighted by atomic mass is 15.1. The zero-order chi connectivity index (χ0) is 26.2. The van der Waals surface area contributed by atoms with Gasteiger partial charge in [-0.05, 0) is 36.2 Å². The highest BCUT2D eigenvalue weighted by molar-refractivity contribution is 5.98. The lowest BCUT2D eigenvalue weighted by molar-refractivity contribution is 0.691. The average Bonchev–Trinajstić information content (AvgIpc) is 3.71. The van der Waals surface area contributed by atoms with E-state index in [4.69, 9.17) is 0 Å². The van der Waals surface area contributed by atoms with E-state index in [-0.39, 0.29) is 0 Å². The number of benzene rings is 1. The summed E-state index contributed by atoms with van der Waals surface area (Å²) >= 11 is 0. The van der Waals surface area contributed by atoms with Crippen molar-refractivity contribution in [1.82, 2.24) is 45.0 Å². The van der Waals surface area contributed by atoms with Crippen molar-refractivity contribution in [3.8, 4) is 28.3 Å². The molecule has 0 saturated heterocycles. The van der Waals surface area contributed by atoms with Crippen LogP contribution in [-0.4, -0.2) is 39.7 Å². The van der Waals surface area contributed by atoms with Crippen molar-refractivity contribution >= 4 is 21.8 Å². The highest BCUT2D eigenvalue weighted by Gasteiger charge is 2.15. The minimum Gasteiger partial charge on any atom is -0.352 e. The van der Waals surface area contributed by atoms with Gasteiger partial charge >= 0.3 is 0 Å². The fourth-order valence-corrected chi connectivity index (χ4v) is 4.87. The molecule has 7 rings (SSSR count). The van der Waals surface area contributed by atoms with Gasteiger partial charge in [0.15, 0.2) is 0 Å². The molecular weight excluding hydrogens is 486 g/mol. The molecule has 6 aromatic heterocycles. The van der Waals surface area contributed by atoms with Crippen LogP contribution in [0.3, 0.4) is 0 Å². The Hall–Kier alpha value is -5.15. The van der Waals surface area contributed by atoms with E-state index in [1.165, 1.54) is 5.56 Å². The van der Waals surface area contributed by atoms with Gasteiger partial charge in [-0.2, -0.15) is 5.10 Å². The minimum atomic E-state index is 0.719. The molecule has 0 unspecified atom stereocenters. The summed E-state index contributed by atoms with van der Waals surface area (Å²) in [7, 11) is 0. The molecule has 9 heteroatoms. The summed E-state index contributed by atoms with van der Waals surface area (Å²) in [4.78, 5) is 21.5.